The summed E-state index contributed by atoms with van der Waals surface area (Å²) < 4.78 is 16.1. The van der Waals surface area contributed by atoms with Gasteiger partial charge in [0.25, 0.3) is 5.91 Å². The van der Waals surface area contributed by atoms with Crippen molar-refractivity contribution in [2.75, 3.05) is 24.9 Å². The molecule has 1 aromatic rings. The highest BCUT2D eigenvalue weighted by Crippen LogP contribution is 2.21. The summed E-state index contributed by atoms with van der Waals surface area (Å²) in [5.41, 5.74) is 6.59. The van der Waals surface area contributed by atoms with Crippen molar-refractivity contribution in [1.29, 1.82) is 0 Å². The topological polar surface area (TPSA) is 81.4 Å². The van der Waals surface area contributed by atoms with E-state index >= 15 is 0 Å². The van der Waals surface area contributed by atoms with Crippen LogP contribution in [0.25, 0.3) is 0 Å². The van der Waals surface area contributed by atoms with Crippen LogP contribution in [-0.4, -0.2) is 35.3 Å². The summed E-state index contributed by atoms with van der Waals surface area (Å²) in [4.78, 5) is 12.1. The van der Waals surface area contributed by atoms with Gasteiger partial charge in [-0.3, -0.25) is 9.00 Å². The van der Waals surface area contributed by atoms with Gasteiger partial charge in [-0.15, -0.1) is 0 Å². The number of nitrogens with two attached hydrogens (primary N) is 1. The minimum absolute atomic E-state index is 0.0532. The summed E-state index contributed by atoms with van der Waals surface area (Å²) in [5.74, 6) is 0.812. The number of carbonyl (C=O) groups excluding carboxylic acids is 1. The second kappa shape index (κ2) is 7.13. The molecule has 5 nitrogen and oxygen atoms in total. The maximum Gasteiger partial charge on any atom is 0.255 e. The van der Waals surface area contributed by atoms with Crippen molar-refractivity contribution in [2.24, 2.45) is 0 Å². The Bertz CT molecular complexity index is 477. The number of anilines is 1. The van der Waals surface area contributed by atoms with Gasteiger partial charge in [0, 0.05) is 34.5 Å². The predicted molar refractivity (Wildman–Crippen MR) is 77.9 cm³/mol. The van der Waals surface area contributed by atoms with Crippen LogP contribution in [0, 0.1) is 0 Å². The first-order valence-corrected chi connectivity index (χ1v) is 7.71. The highest BCUT2D eigenvalue weighted by molar-refractivity contribution is 7.84. The van der Waals surface area contributed by atoms with E-state index in [1.165, 1.54) is 7.11 Å². The van der Waals surface area contributed by atoms with E-state index < -0.39 is 10.8 Å². The Balaban J connectivity index is 2.72. The zero-order valence-corrected chi connectivity index (χ0v) is 12.3. The second-order valence-corrected chi connectivity index (χ2v) is 5.95. The molecule has 106 valence electrons. The first-order chi connectivity index (χ1) is 8.93. The summed E-state index contributed by atoms with van der Waals surface area (Å²) in [6, 6.07) is 4.87. The Morgan fingerprint density at radius 2 is 2.21 bits per heavy atom. The van der Waals surface area contributed by atoms with E-state index in [1.54, 1.807) is 24.5 Å². The Hall–Kier alpha value is -1.56. The second-order valence-electron chi connectivity index (χ2n) is 4.40. The van der Waals surface area contributed by atoms with Crippen LogP contribution in [0.3, 0.4) is 0 Å². The van der Waals surface area contributed by atoms with Gasteiger partial charge in [-0.2, -0.15) is 0 Å². The van der Waals surface area contributed by atoms with E-state index in [2.05, 4.69) is 5.32 Å². The number of methoxy groups -OCH3 is 1. The van der Waals surface area contributed by atoms with Crippen LogP contribution in [0.5, 0.6) is 5.75 Å². The molecule has 0 aliphatic rings. The van der Waals surface area contributed by atoms with Gasteiger partial charge >= 0.3 is 0 Å². The van der Waals surface area contributed by atoms with Crippen LogP contribution < -0.4 is 15.8 Å². The maximum absolute atomic E-state index is 12.1. The van der Waals surface area contributed by atoms with Gasteiger partial charge in [0.15, 0.2) is 0 Å². The van der Waals surface area contributed by atoms with Crippen molar-refractivity contribution in [3.63, 3.8) is 0 Å². The molecule has 19 heavy (non-hydrogen) atoms. The predicted octanol–water partition coefficient (Wildman–Crippen LogP) is 1.16. The third-order valence-electron chi connectivity index (χ3n) is 2.68. The molecular weight excluding hydrogens is 264 g/mol. The number of hydrogen-bond donors (Lipinski definition) is 2. The van der Waals surface area contributed by atoms with Crippen LogP contribution in [0.4, 0.5) is 5.69 Å². The van der Waals surface area contributed by atoms with Crippen LogP contribution >= 0.6 is 0 Å². The number of nitrogens with one attached hydrogen (secondary N) is 1. The van der Waals surface area contributed by atoms with Crippen molar-refractivity contribution in [1.82, 2.24) is 5.32 Å². The third kappa shape index (κ3) is 4.90. The monoisotopic (exact) mass is 284 g/mol. The van der Waals surface area contributed by atoms with Gasteiger partial charge in [0.2, 0.25) is 0 Å². The molecule has 0 heterocycles. The van der Waals surface area contributed by atoms with Gasteiger partial charge in [-0.1, -0.05) is 0 Å². The molecule has 3 N–H and O–H groups in total. The molecule has 1 rings (SSSR count). The van der Waals surface area contributed by atoms with Gasteiger partial charge in [-0.05, 0) is 31.5 Å². The zero-order chi connectivity index (χ0) is 14.4. The van der Waals surface area contributed by atoms with Crippen molar-refractivity contribution in [2.45, 2.75) is 19.4 Å². The van der Waals surface area contributed by atoms with E-state index in [-0.39, 0.29) is 11.9 Å². The molecule has 0 bridgehead atoms. The van der Waals surface area contributed by atoms with E-state index in [9.17, 15) is 9.00 Å². The lowest BCUT2D eigenvalue weighted by atomic mass is 10.1. The fourth-order valence-corrected chi connectivity index (χ4v) is 2.30. The Morgan fingerprint density at radius 1 is 1.53 bits per heavy atom. The quantitative estimate of drug-likeness (QED) is 0.768. The SMILES string of the molecule is COc1ccc(N)cc1C(=O)NC(C)CCS(C)=O. The smallest absolute Gasteiger partial charge is 0.255 e. The highest BCUT2D eigenvalue weighted by Gasteiger charge is 2.15. The molecule has 0 saturated carbocycles. The standard InChI is InChI=1S/C13H20N2O3S/c1-9(6-7-19(3)17)15-13(16)11-8-10(14)4-5-12(11)18-2/h4-5,8-9H,6-7,14H2,1-3H3,(H,15,16). The number of nitrogen functional groups attached to an aromatic ring is 1. The molecule has 2 unspecified atom stereocenters. The molecule has 0 fully saturated rings. The Morgan fingerprint density at radius 3 is 2.79 bits per heavy atom. The van der Waals surface area contributed by atoms with Gasteiger partial charge in [0.1, 0.15) is 5.75 Å². The minimum Gasteiger partial charge on any atom is -0.496 e. The van der Waals surface area contributed by atoms with Crippen LogP contribution in [-0.2, 0) is 10.8 Å². The summed E-state index contributed by atoms with van der Waals surface area (Å²) in [6.07, 6.45) is 2.31. The van der Waals surface area contributed by atoms with Gasteiger partial charge in [0.05, 0.1) is 12.7 Å². The third-order valence-corrected chi connectivity index (χ3v) is 3.49. The Kier molecular flexibility index (Phi) is 5.82. The average Bonchev–Trinajstić information content (AvgIpc) is 2.36. The molecular formula is C13H20N2O3S. The number of carbonyl (C=O) groups is 1. The fourth-order valence-electron chi connectivity index (χ4n) is 1.62. The van der Waals surface area contributed by atoms with Crippen molar-refractivity contribution < 1.29 is 13.7 Å². The summed E-state index contributed by atoms with van der Waals surface area (Å²) >= 11 is 0. The van der Waals surface area contributed by atoms with Gasteiger partial charge in [-0.25, -0.2) is 0 Å². The summed E-state index contributed by atoms with van der Waals surface area (Å²) in [6.45, 7) is 1.88. The molecule has 0 spiro atoms. The maximum atomic E-state index is 12.1. The lowest BCUT2D eigenvalue weighted by Crippen LogP contribution is -2.33. The van der Waals surface area contributed by atoms with Crippen molar-refractivity contribution in [3.05, 3.63) is 23.8 Å². The molecule has 1 aromatic carbocycles. The first-order valence-electron chi connectivity index (χ1n) is 5.98. The van der Waals surface area contributed by atoms with Crippen molar-refractivity contribution in [3.8, 4) is 5.75 Å². The number of hydrogen-bond acceptors (Lipinski definition) is 4. The van der Waals surface area contributed by atoms with E-state index in [0.717, 1.165) is 0 Å². The number of rotatable bonds is 6. The zero-order valence-electron chi connectivity index (χ0n) is 11.4. The molecule has 0 aromatic heterocycles. The number of amides is 1. The Labute approximate surface area is 116 Å². The molecule has 0 aliphatic carbocycles. The van der Waals surface area contributed by atoms with Crippen LogP contribution in [0.15, 0.2) is 18.2 Å². The minimum atomic E-state index is -0.851. The molecule has 2 atom stereocenters. The number of benzene rings is 1. The number of ether oxygens (including phenoxy) is 1. The normalized spacial score (nSPS) is 13.6. The molecule has 0 aliphatic heterocycles. The molecule has 0 saturated heterocycles. The molecule has 1 amide bonds. The highest BCUT2D eigenvalue weighted by atomic mass is 32.2. The molecule has 6 heteroatoms. The van der Waals surface area contributed by atoms with Crippen molar-refractivity contribution >= 4 is 22.4 Å². The molecule has 0 radical (unpaired) electrons. The first kappa shape index (κ1) is 15.5. The summed E-state index contributed by atoms with van der Waals surface area (Å²) in [5, 5.41) is 2.84. The van der Waals surface area contributed by atoms with Crippen LogP contribution in [0.2, 0.25) is 0 Å². The summed E-state index contributed by atoms with van der Waals surface area (Å²) in [7, 11) is 0.655. The van der Waals surface area contributed by atoms with Crippen LogP contribution in [0.1, 0.15) is 23.7 Å². The average molecular weight is 284 g/mol. The van der Waals surface area contributed by atoms with E-state index in [4.69, 9.17) is 10.5 Å². The largest absolute Gasteiger partial charge is 0.496 e. The fraction of sp³-hybridized carbons (Fsp3) is 0.462. The lowest BCUT2D eigenvalue weighted by molar-refractivity contribution is 0.0936. The van der Waals surface area contributed by atoms with E-state index in [0.29, 0.717) is 29.2 Å². The van der Waals surface area contributed by atoms with Gasteiger partial charge < -0.3 is 15.8 Å². The lowest BCUT2D eigenvalue weighted by Gasteiger charge is -2.15. The van der Waals surface area contributed by atoms with E-state index in [1.807, 2.05) is 6.92 Å².